The maximum atomic E-state index is 5.20. The van der Waals surface area contributed by atoms with Gasteiger partial charge in [0.25, 0.3) is 0 Å². The van der Waals surface area contributed by atoms with Crippen LogP contribution >= 0.6 is 0 Å². The minimum atomic E-state index is 0.506. The summed E-state index contributed by atoms with van der Waals surface area (Å²) in [5, 5.41) is 6.98. The lowest BCUT2D eigenvalue weighted by atomic mass is 10.1. The minimum absolute atomic E-state index is 0.506. The fourth-order valence-corrected chi connectivity index (χ4v) is 3.46. The van der Waals surface area contributed by atoms with Gasteiger partial charge in [-0.05, 0) is 43.9 Å². The van der Waals surface area contributed by atoms with Crippen molar-refractivity contribution in [2.45, 2.75) is 57.9 Å². The Morgan fingerprint density at radius 1 is 1.04 bits per heavy atom. The molecule has 1 aromatic carbocycles. The molecule has 0 unspecified atom stereocenters. The number of hydrogen-bond donors (Lipinski definition) is 2. The van der Waals surface area contributed by atoms with E-state index in [-0.39, 0.29) is 0 Å². The molecule has 1 saturated carbocycles. The van der Waals surface area contributed by atoms with E-state index in [9.17, 15) is 0 Å². The van der Waals surface area contributed by atoms with Crippen molar-refractivity contribution in [3.8, 4) is 5.75 Å². The van der Waals surface area contributed by atoms with Crippen molar-refractivity contribution < 1.29 is 4.74 Å². The highest BCUT2D eigenvalue weighted by molar-refractivity contribution is 5.42. The number of rotatable bonds is 7. The Balaban J connectivity index is 1.54. The van der Waals surface area contributed by atoms with Gasteiger partial charge in [0, 0.05) is 24.3 Å². The number of anilines is 2. The smallest absolute Gasteiger partial charge is 0.225 e. The van der Waals surface area contributed by atoms with E-state index in [1.54, 1.807) is 7.11 Å². The Morgan fingerprint density at radius 3 is 2.46 bits per heavy atom. The third-order valence-electron chi connectivity index (χ3n) is 4.92. The van der Waals surface area contributed by atoms with Crippen molar-refractivity contribution in [1.29, 1.82) is 0 Å². The molecule has 1 aromatic heterocycles. The molecule has 1 fully saturated rings. The number of hydrogen-bond acceptors (Lipinski definition) is 5. The molecule has 5 heteroatoms. The number of aryl methyl sites for hydroxylation is 1. The molecule has 140 valence electrons. The van der Waals surface area contributed by atoms with E-state index in [2.05, 4.69) is 32.7 Å². The lowest BCUT2D eigenvalue weighted by Gasteiger charge is -2.17. The average molecular weight is 354 g/mol. The monoisotopic (exact) mass is 354 g/mol. The van der Waals surface area contributed by atoms with Gasteiger partial charge in [-0.2, -0.15) is 4.98 Å². The molecule has 0 amide bonds. The molecule has 0 bridgehead atoms. The van der Waals surface area contributed by atoms with Gasteiger partial charge in [-0.15, -0.1) is 0 Å². The van der Waals surface area contributed by atoms with E-state index < -0.39 is 0 Å². The Bertz CT molecular complexity index is 679. The number of nitrogens with one attached hydrogen (secondary N) is 2. The van der Waals surface area contributed by atoms with Crippen molar-refractivity contribution in [3.05, 3.63) is 41.6 Å². The summed E-state index contributed by atoms with van der Waals surface area (Å²) in [6.07, 6.45) is 8.69. The summed E-state index contributed by atoms with van der Waals surface area (Å²) in [5.74, 6) is 2.54. The van der Waals surface area contributed by atoms with Gasteiger partial charge in [-0.3, -0.25) is 0 Å². The Labute approximate surface area is 156 Å². The standard InChI is InChI=1S/C21H30N4O/c1-16-15-20(22-14-13-17-9-11-19(26-2)12-10-17)25-21(23-16)24-18-7-5-3-4-6-8-18/h9-12,15,18H,3-8,13-14H2,1-2H3,(H2,22,23,24,25). The second-order valence-electron chi connectivity index (χ2n) is 7.08. The number of nitrogens with zero attached hydrogens (tertiary/aromatic N) is 2. The van der Waals surface area contributed by atoms with Crippen molar-refractivity contribution in [2.24, 2.45) is 0 Å². The highest BCUT2D eigenvalue weighted by atomic mass is 16.5. The van der Waals surface area contributed by atoms with E-state index in [4.69, 9.17) is 4.74 Å². The number of ether oxygens (including phenoxy) is 1. The van der Waals surface area contributed by atoms with E-state index in [0.717, 1.165) is 36.2 Å². The molecular weight excluding hydrogens is 324 g/mol. The first-order chi connectivity index (χ1) is 12.7. The van der Waals surface area contributed by atoms with E-state index >= 15 is 0 Å². The normalized spacial score (nSPS) is 15.3. The third-order valence-corrected chi connectivity index (χ3v) is 4.92. The molecule has 0 spiro atoms. The largest absolute Gasteiger partial charge is 0.497 e. The molecule has 2 N–H and O–H groups in total. The molecule has 26 heavy (non-hydrogen) atoms. The zero-order valence-corrected chi connectivity index (χ0v) is 15.9. The van der Waals surface area contributed by atoms with Crippen LogP contribution in [0.15, 0.2) is 30.3 Å². The van der Waals surface area contributed by atoms with Crippen LogP contribution in [0.1, 0.15) is 49.8 Å². The van der Waals surface area contributed by atoms with Crippen molar-refractivity contribution in [3.63, 3.8) is 0 Å². The molecule has 5 nitrogen and oxygen atoms in total. The first-order valence-corrected chi connectivity index (χ1v) is 9.72. The molecule has 0 aliphatic heterocycles. The zero-order chi connectivity index (χ0) is 18.2. The Hall–Kier alpha value is -2.30. The van der Waals surface area contributed by atoms with Gasteiger partial charge in [0.15, 0.2) is 0 Å². The fourth-order valence-electron chi connectivity index (χ4n) is 3.46. The Morgan fingerprint density at radius 2 is 1.77 bits per heavy atom. The maximum Gasteiger partial charge on any atom is 0.225 e. The summed E-state index contributed by atoms with van der Waals surface area (Å²) in [4.78, 5) is 9.23. The summed E-state index contributed by atoms with van der Waals surface area (Å²) in [7, 11) is 1.69. The molecule has 1 heterocycles. The minimum Gasteiger partial charge on any atom is -0.497 e. The second-order valence-corrected chi connectivity index (χ2v) is 7.08. The van der Waals surface area contributed by atoms with Crippen LogP contribution in [0.4, 0.5) is 11.8 Å². The summed E-state index contributed by atoms with van der Waals surface area (Å²) >= 11 is 0. The molecule has 0 radical (unpaired) electrons. The van der Waals surface area contributed by atoms with E-state index in [0.29, 0.717) is 6.04 Å². The van der Waals surface area contributed by atoms with Crippen LogP contribution in [0.25, 0.3) is 0 Å². The van der Waals surface area contributed by atoms with Crippen LogP contribution in [0.5, 0.6) is 5.75 Å². The van der Waals surface area contributed by atoms with Gasteiger partial charge in [-0.25, -0.2) is 4.98 Å². The van der Waals surface area contributed by atoms with Gasteiger partial charge >= 0.3 is 0 Å². The van der Waals surface area contributed by atoms with Crippen LogP contribution in [0.2, 0.25) is 0 Å². The molecule has 2 aromatic rings. The second kappa shape index (κ2) is 9.41. The van der Waals surface area contributed by atoms with Gasteiger partial charge in [0.05, 0.1) is 7.11 Å². The molecular formula is C21H30N4O. The van der Waals surface area contributed by atoms with Crippen molar-refractivity contribution in [2.75, 3.05) is 24.3 Å². The molecule has 1 aliphatic rings. The average Bonchev–Trinajstić information content (AvgIpc) is 2.90. The highest BCUT2D eigenvalue weighted by Gasteiger charge is 2.13. The van der Waals surface area contributed by atoms with Crippen LogP contribution in [0, 0.1) is 6.92 Å². The maximum absolute atomic E-state index is 5.20. The quantitative estimate of drug-likeness (QED) is 0.713. The topological polar surface area (TPSA) is 59.1 Å². The van der Waals surface area contributed by atoms with E-state index in [1.165, 1.54) is 44.1 Å². The fraction of sp³-hybridized carbons (Fsp3) is 0.524. The predicted molar refractivity (Wildman–Crippen MR) is 107 cm³/mol. The summed E-state index contributed by atoms with van der Waals surface area (Å²) < 4.78 is 5.20. The summed E-state index contributed by atoms with van der Waals surface area (Å²) in [6.45, 7) is 2.86. The SMILES string of the molecule is COc1ccc(CCNc2cc(C)nc(NC3CCCCCC3)n2)cc1. The summed E-state index contributed by atoms with van der Waals surface area (Å²) in [6, 6.07) is 10.7. The van der Waals surface area contributed by atoms with Crippen molar-refractivity contribution >= 4 is 11.8 Å². The van der Waals surface area contributed by atoms with Crippen LogP contribution in [-0.2, 0) is 6.42 Å². The zero-order valence-electron chi connectivity index (χ0n) is 15.9. The summed E-state index contributed by atoms with van der Waals surface area (Å²) in [5.41, 5.74) is 2.27. The predicted octanol–water partition coefficient (Wildman–Crippen LogP) is 4.58. The molecule has 0 saturated heterocycles. The number of benzene rings is 1. The highest BCUT2D eigenvalue weighted by Crippen LogP contribution is 2.20. The van der Waals surface area contributed by atoms with Gasteiger partial charge in [0.1, 0.15) is 11.6 Å². The molecule has 3 rings (SSSR count). The van der Waals surface area contributed by atoms with E-state index in [1.807, 2.05) is 25.1 Å². The first kappa shape index (κ1) is 18.5. The van der Waals surface area contributed by atoms with Crippen LogP contribution < -0.4 is 15.4 Å². The van der Waals surface area contributed by atoms with Gasteiger partial charge < -0.3 is 15.4 Å². The van der Waals surface area contributed by atoms with Gasteiger partial charge in [-0.1, -0.05) is 37.8 Å². The number of methoxy groups -OCH3 is 1. The van der Waals surface area contributed by atoms with Crippen LogP contribution in [0.3, 0.4) is 0 Å². The molecule has 1 aliphatic carbocycles. The molecule has 0 atom stereocenters. The first-order valence-electron chi connectivity index (χ1n) is 9.72. The lowest BCUT2D eigenvalue weighted by Crippen LogP contribution is -2.20. The lowest BCUT2D eigenvalue weighted by molar-refractivity contribution is 0.414. The third kappa shape index (κ3) is 5.61. The Kier molecular flexibility index (Phi) is 6.69. The van der Waals surface area contributed by atoms with Crippen LogP contribution in [-0.4, -0.2) is 29.7 Å². The van der Waals surface area contributed by atoms with Gasteiger partial charge in [0.2, 0.25) is 5.95 Å². The number of aromatic nitrogens is 2. The van der Waals surface area contributed by atoms with Crippen molar-refractivity contribution in [1.82, 2.24) is 9.97 Å².